The van der Waals surface area contributed by atoms with E-state index in [2.05, 4.69) is 4.98 Å². The Hall–Kier alpha value is -3.65. The van der Waals surface area contributed by atoms with E-state index in [1.807, 2.05) is 38.1 Å². The number of carbonyl (C=O) groups excluding carboxylic acids is 2. The maximum absolute atomic E-state index is 12.6. The Labute approximate surface area is 184 Å². The first-order valence-electron chi connectivity index (χ1n) is 10.3. The lowest BCUT2D eigenvalue weighted by atomic mass is 10.1. The molecule has 1 fully saturated rings. The van der Waals surface area contributed by atoms with Gasteiger partial charge in [0.05, 0.1) is 11.1 Å². The lowest BCUT2D eigenvalue weighted by molar-refractivity contribution is -0.0578. The maximum Gasteiger partial charge on any atom is 0.338 e. The van der Waals surface area contributed by atoms with Crippen LogP contribution in [0.5, 0.6) is 0 Å². The van der Waals surface area contributed by atoms with E-state index < -0.39 is 30.4 Å². The van der Waals surface area contributed by atoms with Crippen LogP contribution in [-0.2, 0) is 14.2 Å². The Morgan fingerprint density at radius 2 is 1.59 bits per heavy atom. The summed E-state index contributed by atoms with van der Waals surface area (Å²) in [4.78, 5) is 39.6. The van der Waals surface area contributed by atoms with Gasteiger partial charge in [-0.25, -0.2) is 14.4 Å². The molecular weight excluding hydrogens is 412 g/mol. The molecule has 1 saturated heterocycles. The van der Waals surface area contributed by atoms with E-state index in [0.717, 1.165) is 11.1 Å². The first-order valence-corrected chi connectivity index (χ1v) is 10.3. The van der Waals surface area contributed by atoms with Gasteiger partial charge in [0.15, 0.2) is 0 Å². The molecule has 1 unspecified atom stereocenters. The van der Waals surface area contributed by atoms with Crippen LogP contribution in [0.15, 0.2) is 65.7 Å². The zero-order valence-corrected chi connectivity index (χ0v) is 17.8. The van der Waals surface area contributed by atoms with Gasteiger partial charge < -0.3 is 19.2 Å². The van der Waals surface area contributed by atoms with Gasteiger partial charge in [0.1, 0.15) is 25.0 Å². The molecule has 0 saturated carbocycles. The zero-order chi connectivity index (χ0) is 22.7. The molecule has 0 bridgehead atoms. The molecule has 1 aromatic heterocycles. The third kappa shape index (κ3) is 4.81. The topological polar surface area (TPSA) is 99.6 Å². The normalized spacial score (nSPS) is 20.1. The summed E-state index contributed by atoms with van der Waals surface area (Å²) in [5, 5.41) is 0. The summed E-state index contributed by atoms with van der Waals surface area (Å²) >= 11 is 0. The van der Waals surface area contributed by atoms with Gasteiger partial charge >= 0.3 is 17.6 Å². The number of ether oxygens (including phenoxy) is 3. The van der Waals surface area contributed by atoms with Crippen LogP contribution >= 0.6 is 0 Å². The molecule has 8 nitrogen and oxygen atoms in total. The number of aromatic amines is 1. The van der Waals surface area contributed by atoms with Gasteiger partial charge in [0, 0.05) is 18.8 Å². The van der Waals surface area contributed by atoms with E-state index in [1.165, 1.54) is 10.8 Å². The van der Waals surface area contributed by atoms with Gasteiger partial charge in [-0.2, -0.15) is 0 Å². The molecule has 1 aliphatic heterocycles. The summed E-state index contributed by atoms with van der Waals surface area (Å²) < 4.78 is 18.5. The molecular formula is C24H24N2O6. The van der Waals surface area contributed by atoms with Crippen LogP contribution in [0.4, 0.5) is 0 Å². The van der Waals surface area contributed by atoms with E-state index in [4.69, 9.17) is 14.2 Å². The smallest absolute Gasteiger partial charge is 0.338 e. The van der Waals surface area contributed by atoms with Crippen LogP contribution in [0.3, 0.4) is 0 Å². The summed E-state index contributed by atoms with van der Waals surface area (Å²) in [5.74, 6) is -1.00. The van der Waals surface area contributed by atoms with E-state index in [9.17, 15) is 14.4 Å². The second-order valence-electron chi connectivity index (χ2n) is 7.81. The van der Waals surface area contributed by atoms with Crippen molar-refractivity contribution < 1.29 is 23.8 Å². The fraction of sp³-hybridized carbons (Fsp3) is 0.292. The number of imidazole rings is 1. The van der Waals surface area contributed by atoms with Crippen molar-refractivity contribution in [3.05, 3.63) is 93.7 Å². The quantitative estimate of drug-likeness (QED) is 0.596. The van der Waals surface area contributed by atoms with Crippen molar-refractivity contribution in [1.29, 1.82) is 0 Å². The number of nitrogens with one attached hydrogen (secondary N) is 1. The number of benzene rings is 2. The van der Waals surface area contributed by atoms with Crippen molar-refractivity contribution in [3.8, 4) is 0 Å². The highest BCUT2D eigenvalue weighted by Gasteiger charge is 2.40. The van der Waals surface area contributed by atoms with Crippen LogP contribution in [-0.4, -0.2) is 40.3 Å². The fourth-order valence-electron chi connectivity index (χ4n) is 3.53. The second kappa shape index (κ2) is 9.23. The van der Waals surface area contributed by atoms with Crippen LogP contribution in [0.25, 0.3) is 0 Å². The SMILES string of the molecule is Cc1ccc(C(=O)OC[C@H]2OC(n3cc[nH]c3=O)C[C@@H]2OC(=O)c2ccc(C)cc2)cc1. The van der Waals surface area contributed by atoms with Crippen LogP contribution in [0, 0.1) is 13.8 Å². The Balaban J connectivity index is 1.47. The van der Waals surface area contributed by atoms with Gasteiger partial charge in [0.2, 0.25) is 0 Å². The highest BCUT2D eigenvalue weighted by Crippen LogP contribution is 2.31. The molecule has 1 aliphatic rings. The van der Waals surface area contributed by atoms with E-state index in [1.54, 1.807) is 30.5 Å². The summed E-state index contributed by atoms with van der Waals surface area (Å²) in [6.07, 6.45) is 1.26. The summed E-state index contributed by atoms with van der Waals surface area (Å²) in [7, 11) is 0. The van der Waals surface area contributed by atoms with Gasteiger partial charge in [-0.3, -0.25) is 4.57 Å². The zero-order valence-electron chi connectivity index (χ0n) is 17.8. The van der Waals surface area contributed by atoms with Crippen molar-refractivity contribution >= 4 is 11.9 Å². The van der Waals surface area contributed by atoms with Crippen molar-refractivity contribution in [3.63, 3.8) is 0 Å². The second-order valence-corrected chi connectivity index (χ2v) is 7.81. The van der Waals surface area contributed by atoms with E-state index >= 15 is 0 Å². The molecule has 3 atom stereocenters. The van der Waals surface area contributed by atoms with Crippen LogP contribution < -0.4 is 5.69 Å². The summed E-state index contributed by atoms with van der Waals surface area (Å²) in [5.41, 5.74) is 2.55. The number of aryl methyl sites for hydroxylation is 2. The largest absolute Gasteiger partial charge is 0.459 e. The molecule has 3 aromatic rings. The minimum Gasteiger partial charge on any atom is -0.459 e. The molecule has 1 N–H and O–H groups in total. The molecule has 2 heterocycles. The number of nitrogens with zero attached hydrogens (tertiary/aromatic N) is 1. The average molecular weight is 436 g/mol. The number of esters is 2. The molecule has 166 valence electrons. The summed E-state index contributed by atoms with van der Waals surface area (Å²) in [6, 6.07) is 14.0. The van der Waals surface area contributed by atoms with Gasteiger partial charge in [0.25, 0.3) is 0 Å². The first-order chi connectivity index (χ1) is 15.4. The third-order valence-corrected chi connectivity index (χ3v) is 5.38. The van der Waals surface area contributed by atoms with E-state index in [0.29, 0.717) is 11.1 Å². The van der Waals surface area contributed by atoms with Crippen LogP contribution in [0.2, 0.25) is 0 Å². The molecule has 0 aliphatic carbocycles. The van der Waals surface area contributed by atoms with Gasteiger partial charge in [-0.15, -0.1) is 0 Å². The van der Waals surface area contributed by atoms with Crippen molar-refractivity contribution in [1.82, 2.24) is 9.55 Å². The molecule has 2 aromatic carbocycles. The Morgan fingerprint density at radius 1 is 1.00 bits per heavy atom. The predicted octanol–water partition coefficient (Wildman–Crippen LogP) is 3.16. The van der Waals surface area contributed by atoms with Crippen molar-refractivity contribution in [2.24, 2.45) is 0 Å². The van der Waals surface area contributed by atoms with Gasteiger partial charge in [-0.05, 0) is 38.1 Å². The number of aromatic nitrogens is 2. The number of carbonyl (C=O) groups is 2. The Kier molecular flexibility index (Phi) is 6.23. The molecule has 8 heteroatoms. The van der Waals surface area contributed by atoms with E-state index in [-0.39, 0.29) is 18.7 Å². The lowest BCUT2D eigenvalue weighted by Crippen LogP contribution is -2.32. The minimum absolute atomic E-state index is 0.117. The number of H-pyrrole nitrogens is 1. The average Bonchev–Trinajstić information content (AvgIpc) is 3.38. The van der Waals surface area contributed by atoms with Crippen LogP contribution in [0.1, 0.15) is 44.5 Å². The maximum atomic E-state index is 12.6. The predicted molar refractivity (Wildman–Crippen MR) is 115 cm³/mol. The lowest BCUT2D eigenvalue weighted by Gasteiger charge is -2.19. The third-order valence-electron chi connectivity index (χ3n) is 5.38. The van der Waals surface area contributed by atoms with Crippen molar-refractivity contribution in [2.45, 2.75) is 38.7 Å². The first kappa shape index (κ1) is 21.6. The standard InChI is InChI=1S/C24H24N2O6/c1-15-3-7-17(8-4-15)22(27)30-14-20-19(13-21(31-20)26-12-11-25-24(26)29)32-23(28)18-9-5-16(2)6-10-18/h3-12,19-21H,13-14H2,1-2H3,(H,25,29)/t19-,20+,21?/m0/s1. The minimum atomic E-state index is -0.717. The molecule has 4 rings (SSSR count). The highest BCUT2D eigenvalue weighted by atomic mass is 16.6. The highest BCUT2D eigenvalue weighted by molar-refractivity contribution is 5.90. The number of hydrogen-bond donors (Lipinski definition) is 1. The van der Waals surface area contributed by atoms with Gasteiger partial charge in [-0.1, -0.05) is 35.4 Å². The van der Waals surface area contributed by atoms with Crippen molar-refractivity contribution in [2.75, 3.05) is 6.61 Å². The Bertz CT molecular complexity index is 1150. The fourth-order valence-corrected chi connectivity index (χ4v) is 3.53. The number of hydrogen-bond acceptors (Lipinski definition) is 6. The molecule has 32 heavy (non-hydrogen) atoms. The Morgan fingerprint density at radius 3 is 2.16 bits per heavy atom. The molecule has 0 spiro atoms. The molecule has 0 radical (unpaired) electrons. The monoisotopic (exact) mass is 436 g/mol. The molecule has 0 amide bonds. The number of rotatable bonds is 6. The summed E-state index contributed by atoms with van der Waals surface area (Å²) in [6.45, 7) is 3.74.